The maximum atomic E-state index is 12.1. The summed E-state index contributed by atoms with van der Waals surface area (Å²) in [4.78, 5) is 44.1. The lowest BCUT2D eigenvalue weighted by atomic mass is 10.2. The van der Waals surface area contributed by atoms with Crippen LogP contribution in [0.2, 0.25) is 0 Å². The molecule has 1 amide bonds. The summed E-state index contributed by atoms with van der Waals surface area (Å²) in [7, 11) is 0. The van der Waals surface area contributed by atoms with Crippen LogP contribution in [0.3, 0.4) is 0 Å². The summed E-state index contributed by atoms with van der Waals surface area (Å²) < 4.78 is 4.99. The van der Waals surface area contributed by atoms with Gasteiger partial charge in [0, 0.05) is 30.0 Å². The third kappa shape index (κ3) is 4.60. The summed E-state index contributed by atoms with van der Waals surface area (Å²) in [5, 5.41) is 23.7. The second kappa shape index (κ2) is 7.83. The molecule has 0 fully saturated rings. The second-order valence-corrected chi connectivity index (χ2v) is 5.15. The van der Waals surface area contributed by atoms with Gasteiger partial charge in [-0.25, -0.2) is 4.79 Å². The highest BCUT2D eigenvalue weighted by Crippen LogP contribution is 2.18. The number of nitrogens with one attached hydrogen (secondary N) is 1. The number of benzene rings is 2. The van der Waals surface area contributed by atoms with Gasteiger partial charge in [0.25, 0.3) is 17.3 Å². The summed E-state index contributed by atoms with van der Waals surface area (Å²) in [6, 6.07) is 10.0. The van der Waals surface area contributed by atoms with Crippen molar-refractivity contribution in [2.45, 2.75) is 13.0 Å². The molecule has 0 aliphatic heterocycles. The summed E-state index contributed by atoms with van der Waals surface area (Å²) >= 11 is 0. The Morgan fingerprint density at radius 1 is 1.00 bits per heavy atom. The Hall–Kier alpha value is -3.82. The number of nitrogens with zero attached hydrogens (tertiary/aromatic N) is 2. The smallest absolute Gasteiger partial charge is 0.338 e. The van der Waals surface area contributed by atoms with Crippen LogP contribution in [0.15, 0.2) is 48.5 Å². The average Bonchev–Trinajstić information content (AvgIpc) is 2.61. The van der Waals surface area contributed by atoms with Crippen molar-refractivity contribution in [1.29, 1.82) is 0 Å². The molecule has 1 N–H and O–H groups in total. The fourth-order valence-electron chi connectivity index (χ4n) is 1.94. The van der Waals surface area contributed by atoms with Gasteiger partial charge in [-0.05, 0) is 25.1 Å². The Morgan fingerprint density at radius 2 is 1.62 bits per heavy atom. The van der Waals surface area contributed by atoms with Gasteiger partial charge in [0.15, 0.2) is 6.10 Å². The number of rotatable bonds is 6. The van der Waals surface area contributed by atoms with Gasteiger partial charge in [-0.1, -0.05) is 6.07 Å². The zero-order chi connectivity index (χ0) is 19.3. The minimum absolute atomic E-state index is 0.0469. The van der Waals surface area contributed by atoms with Gasteiger partial charge in [-0.3, -0.25) is 25.0 Å². The van der Waals surface area contributed by atoms with E-state index in [0.29, 0.717) is 0 Å². The van der Waals surface area contributed by atoms with Crippen LogP contribution in [0, 0.1) is 20.2 Å². The topological polar surface area (TPSA) is 142 Å². The minimum atomic E-state index is -1.18. The molecule has 0 bridgehead atoms. The van der Waals surface area contributed by atoms with E-state index in [1.165, 1.54) is 43.3 Å². The van der Waals surface area contributed by atoms with E-state index in [1.54, 1.807) is 0 Å². The molecule has 2 aromatic rings. The molecule has 1 unspecified atom stereocenters. The van der Waals surface area contributed by atoms with E-state index in [-0.39, 0.29) is 22.6 Å². The van der Waals surface area contributed by atoms with Crippen LogP contribution in [-0.2, 0) is 9.53 Å². The van der Waals surface area contributed by atoms with E-state index in [9.17, 15) is 29.8 Å². The van der Waals surface area contributed by atoms with Crippen molar-refractivity contribution in [3.05, 3.63) is 74.3 Å². The van der Waals surface area contributed by atoms with Crippen molar-refractivity contribution in [1.82, 2.24) is 0 Å². The number of amides is 1. The molecule has 2 rings (SSSR count). The lowest BCUT2D eigenvalue weighted by Crippen LogP contribution is -2.30. The molecule has 2 aromatic carbocycles. The number of nitro benzene ring substituents is 2. The quantitative estimate of drug-likeness (QED) is 0.474. The van der Waals surface area contributed by atoms with Gasteiger partial charge < -0.3 is 10.1 Å². The summed E-state index contributed by atoms with van der Waals surface area (Å²) in [6.07, 6.45) is -1.18. The van der Waals surface area contributed by atoms with E-state index in [0.717, 1.165) is 12.1 Å². The molecule has 0 heterocycles. The molecule has 26 heavy (non-hydrogen) atoms. The predicted octanol–water partition coefficient (Wildman–Crippen LogP) is 2.69. The lowest BCUT2D eigenvalue weighted by Gasteiger charge is -2.13. The maximum absolute atomic E-state index is 12.1. The molecule has 134 valence electrons. The van der Waals surface area contributed by atoms with Crippen LogP contribution in [0.4, 0.5) is 17.1 Å². The van der Waals surface area contributed by atoms with Crippen LogP contribution in [0.1, 0.15) is 17.3 Å². The lowest BCUT2D eigenvalue weighted by molar-refractivity contribution is -0.385. The molecular formula is C16H13N3O7. The molecule has 0 saturated carbocycles. The van der Waals surface area contributed by atoms with Crippen molar-refractivity contribution in [2.75, 3.05) is 5.32 Å². The largest absolute Gasteiger partial charge is 0.449 e. The number of nitro groups is 2. The number of anilines is 1. The van der Waals surface area contributed by atoms with E-state index in [2.05, 4.69) is 5.32 Å². The number of hydrogen-bond donors (Lipinski definition) is 1. The minimum Gasteiger partial charge on any atom is -0.449 e. The van der Waals surface area contributed by atoms with Crippen LogP contribution in [0.25, 0.3) is 0 Å². The monoisotopic (exact) mass is 359 g/mol. The van der Waals surface area contributed by atoms with Crippen LogP contribution in [-0.4, -0.2) is 27.8 Å². The van der Waals surface area contributed by atoms with E-state index in [1.807, 2.05) is 0 Å². The third-order valence-corrected chi connectivity index (χ3v) is 3.29. The fourth-order valence-corrected chi connectivity index (χ4v) is 1.94. The molecular weight excluding hydrogens is 346 g/mol. The summed E-state index contributed by atoms with van der Waals surface area (Å²) in [5.41, 5.74) is -0.149. The summed E-state index contributed by atoms with van der Waals surface area (Å²) in [6.45, 7) is 1.33. The van der Waals surface area contributed by atoms with E-state index < -0.39 is 27.8 Å². The molecule has 0 aromatic heterocycles. The van der Waals surface area contributed by atoms with Gasteiger partial charge in [0.05, 0.1) is 15.4 Å². The first kappa shape index (κ1) is 18.5. The zero-order valence-electron chi connectivity index (χ0n) is 13.4. The van der Waals surface area contributed by atoms with Gasteiger partial charge in [0.2, 0.25) is 0 Å². The number of esters is 1. The van der Waals surface area contributed by atoms with Gasteiger partial charge in [-0.15, -0.1) is 0 Å². The second-order valence-electron chi connectivity index (χ2n) is 5.15. The zero-order valence-corrected chi connectivity index (χ0v) is 13.4. The Labute approximate surface area is 146 Å². The number of ether oxygens (including phenoxy) is 1. The van der Waals surface area contributed by atoms with Crippen LogP contribution < -0.4 is 5.32 Å². The maximum Gasteiger partial charge on any atom is 0.338 e. The van der Waals surface area contributed by atoms with Crippen molar-refractivity contribution >= 4 is 28.9 Å². The number of non-ortho nitro benzene ring substituents is 2. The van der Waals surface area contributed by atoms with Crippen LogP contribution in [0.5, 0.6) is 0 Å². The Morgan fingerprint density at radius 3 is 2.19 bits per heavy atom. The van der Waals surface area contributed by atoms with Crippen molar-refractivity contribution < 1.29 is 24.2 Å². The molecule has 0 aliphatic carbocycles. The first-order chi connectivity index (χ1) is 12.3. The van der Waals surface area contributed by atoms with Crippen molar-refractivity contribution in [2.24, 2.45) is 0 Å². The van der Waals surface area contributed by atoms with Gasteiger partial charge in [0.1, 0.15) is 0 Å². The summed E-state index contributed by atoms with van der Waals surface area (Å²) in [5.74, 6) is -1.51. The predicted molar refractivity (Wildman–Crippen MR) is 89.7 cm³/mol. The van der Waals surface area contributed by atoms with Gasteiger partial charge in [-0.2, -0.15) is 0 Å². The molecule has 10 heteroatoms. The first-order valence-electron chi connectivity index (χ1n) is 7.28. The van der Waals surface area contributed by atoms with E-state index in [4.69, 9.17) is 4.74 Å². The highest BCUT2D eigenvalue weighted by Gasteiger charge is 2.20. The Kier molecular flexibility index (Phi) is 5.58. The van der Waals surface area contributed by atoms with Gasteiger partial charge >= 0.3 is 5.97 Å². The molecule has 0 spiro atoms. The van der Waals surface area contributed by atoms with Crippen LogP contribution >= 0.6 is 0 Å². The average molecular weight is 359 g/mol. The Bertz CT molecular complexity index is 864. The molecule has 0 saturated heterocycles. The van der Waals surface area contributed by atoms with Crippen molar-refractivity contribution in [3.8, 4) is 0 Å². The SMILES string of the molecule is CC(OC(=O)c1ccc([N+](=O)[O-])cc1)C(=O)Nc1cccc([N+](=O)[O-])c1. The fraction of sp³-hybridized carbons (Fsp3) is 0.125. The van der Waals surface area contributed by atoms with E-state index >= 15 is 0 Å². The normalized spacial score (nSPS) is 11.3. The molecule has 0 aliphatic rings. The number of carbonyl (C=O) groups excluding carboxylic acids is 2. The molecule has 0 radical (unpaired) electrons. The number of hydrogen-bond acceptors (Lipinski definition) is 7. The molecule has 1 atom stereocenters. The standard InChI is InChI=1S/C16H13N3O7/c1-10(15(20)17-12-3-2-4-14(9-12)19(24)25)26-16(21)11-5-7-13(8-6-11)18(22)23/h2-10H,1H3,(H,17,20). The number of carbonyl (C=O) groups is 2. The first-order valence-corrected chi connectivity index (χ1v) is 7.28. The molecule has 10 nitrogen and oxygen atoms in total. The third-order valence-electron chi connectivity index (χ3n) is 3.29. The highest BCUT2D eigenvalue weighted by atomic mass is 16.6. The highest BCUT2D eigenvalue weighted by molar-refractivity contribution is 5.97. The Balaban J connectivity index is 1.99. The van der Waals surface area contributed by atoms with Crippen molar-refractivity contribution in [3.63, 3.8) is 0 Å².